The van der Waals surface area contributed by atoms with Crippen molar-refractivity contribution in [3.8, 4) is 0 Å². The van der Waals surface area contributed by atoms with E-state index in [1.54, 1.807) is 0 Å². The molecule has 0 amide bonds. The number of likely N-dealkylation sites (tertiary alicyclic amines) is 1. The normalized spacial score (nSPS) is 24.0. The fourth-order valence-electron chi connectivity index (χ4n) is 3.48. The maximum atomic E-state index is 5.32. The van der Waals surface area contributed by atoms with Crippen LogP contribution in [0, 0.1) is 11.3 Å². The topological polar surface area (TPSA) is 48.9 Å². The predicted molar refractivity (Wildman–Crippen MR) is 97.0 cm³/mol. The molecule has 0 aliphatic carbocycles. The third kappa shape index (κ3) is 5.64. The lowest BCUT2D eigenvalue weighted by molar-refractivity contribution is -0.0971. The van der Waals surface area contributed by atoms with Crippen LogP contribution >= 0.6 is 0 Å². The molecule has 23 heavy (non-hydrogen) atoms. The van der Waals surface area contributed by atoms with Gasteiger partial charge >= 0.3 is 0 Å². The van der Waals surface area contributed by atoms with Crippen molar-refractivity contribution in [2.24, 2.45) is 16.3 Å². The van der Waals surface area contributed by atoms with E-state index in [0.29, 0.717) is 12.0 Å². The average molecular weight is 325 g/mol. The Hall–Kier alpha value is -0.810. The van der Waals surface area contributed by atoms with E-state index in [1.807, 2.05) is 7.05 Å². The molecule has 2 aliphatic heterocycles. The van der Waals surface area contributed by atoms with Gasteiger partial charge in [0, 0.05) is 31.6 Å². The molecule has 5 heteroatoms. The number of guanidine groups is 1. The summed E-state index contributed by atoms with van der Waals surface area (Å²) in [5.74, 6) is 1.56. The standard InChI is InChI=1S/C18H36N4O/c1-15(2)16(22-9-7-5-6-8-10-22)11-20-17(19-4)21-12-18(3)13-23-14-18/h15-16H,5-14H2,1-4H3,(H2,19,20,21). The molecule has 2 rings (SSSR count). The van der Waals surface area contributed by atoms with Crippen LogP contribution in [0.5, 0.6) is 0 Å². The molecule has 2 heterocycles. The van der Waals surface area contributed by atoms with Crippen molar-refractivity contribution in [2.45, 2.75) is 52.5 Å². The van der Waals surface area contributed by atoms with Crippen LogP contribution in [0.15, 0.2) is 4.99 Å². The summed E-state index contributed by atoms with van der Waals surface area (Å²) in [6.07, 6.45) is 5.46. The van der Waals surface area contributed by atoms with Crippen molar-refractivity contribution in [3.05, 3.63) is 0 Å². The fourth-order valence-corrected chi connectivity index (χ4v) is 3.48. The van der Waals surface area contributed by atoms with Gasteiger partial charge in [-0.15, -0.1) is 0 Å². The van der Waals surface area contributed by atoms with Gasteiger partial charge in [-0.3, -0.25) is 9.89 Å². The summed E-state index contributed by atoms with van der Waals surface area (Å²) in [7, 11) is 1.85. The quantitative estimate of drug-likeness (QED) is 0.580. The predicted octanol–water partition coefficient (Wildman–Crippen LogP) is 2.09. The smallest absolute Gasteiger partial charge is 0.191 e. The van der Waals surface area contributed by atoms with Gasteiger partial charge in [0.05, 0.1) is 13.2 Å². The summed E-state index contributed by atoms with van der Waals surface area (Å²) in [4.78, 5) is 7.06. The van der Waals surface area contributed by atoms with Gasteiger partial charge < -0.3 is 15.4 Å². The lowest BCUT2D eigenvalue weighted by Crippen LogP contribution is -2.53. The Kier molecular flexibility index (Phi) is 7.15. The molecule has 5 nitrogen and oxygen atoms in total. The second-order valence-electron chi connectivity index (χ2n) is 7.87. The number of ether oxygens (including phenoxy) is 1. The molecule has 0 aromatic heterocycles. The summed E-state index contributed by atoms with van der Waals surface area (Å²) >= 11 is 0. The Labute approximate surface area is 142 Å². The van der Waals surface area contributed by atoms with E-state index in [0.717, 1.165) is 32.3 Å². The molecule has 2 fully saturated rings. The molecular formula is C18H36N4O. The minimum atomic E-state index is 0.264. The average Bonchev–Trinajstić information content (AvgIpc) is 2.77. The van der Waals surface area contributed by atoms with Crippen molar-refractivity contribution in [1.82, 2.24) is 15.5 Å². The molecule has 134 valence electrons. The highest BCUT2D eigenvalue weighted by molar-refractivity contribution is 5.79. The monoisotopic (exact) mass is 324 g/mol. The lowest BCUT2D eigenvalue weighted by atomic mass is 9.89. The zero-order valence-electron chi connectivity index (χ0n) is 15.5. The van der Waals surface area contributed by atoms with E-state index in [9.17, 15) is 0 Å². The zero-order chi connectivity index (χ0) is 16.7. The van der Waals surface area contributed by atoms with Crippen LogP contribution in [0.25, 0.3) is 0 Å². The third-order valence-electron chi connectivity index (χ3n) is 5.17. The molecule has 2 N–H and O–H groups in total. The van der Waals surface area contributed by atoms with Gasteiger partial charge in [0.2, 0.25) is 0 Å². The van der Waals surface area contributed by atoms with Gasteiger partial charge in [0.1, 0.15) is 0 Å². The first kappa shape index (κ1) is 18.5. The number of aliphatic imine (C=N–C) groups is 1. The van der Waals surface area contributed by atoms with Gasteiger partial charge in [-0.1, -0.05) is 33.6 Å². The Morgan fingerprint density at radius 1 is 1.13 bits per heavy atom. The van der Waals surface area contributed by atoms with Crippen LogP contribution in [0.1, 0.15) is 46.5 Å². The molecule has 2 saturated heterocycles. The number of nitrogens with zero attached hydrogens (tertiary/aromatic N) is 2. The maximum Gasteiger partial charge on any atom is 0.191 e. The molecular weight excluding hydrogens is 288 g/mol. The maximum absolute atomic E-state index is 5.32. The Balaban J connectivity index is 1.81. The first-order valence-electron chi connectivity index (χ1n) is 9.30. The van der Waals surface area contributed by atoms with Crippen LogP contribution < -0.4 is 10.6 Å². The molecule has 0 bridgehead atoms. The summed E-state index contributed by atoms with van der Waals surface area (Å²) in [6, 6.07) is 0.578. The number of hydrogen-bond acceptors (Lipinski definition) is 3. The molecule has 1 atom stereocenters. The van der Waals surface area contributed by atoms with E-state index in [4.69, 9.17) is 4.74 Å². The summed E-state index contributed by atoms with van der Waals surface area (Å²) < 4.78 is 5.32. The number of rotatable bonds is 6. The van der Waals surface area contributed by atoms with Gasteiger partial charge in [-0.05, 0) is 31.8 Å². The largest absolute Gasteiger partial charge is 0.380 e. The Morgan fingerprint density at radius 2 is 1.78 bits per heavy atom. The minimum Gasteiger partial charge on any atom is -0.380 e. The second kappa shape index (κ2) is 8.88. The van der Waals surface area contributed by atoms with E-state index in [-0.39, 0.29) is 5.41 Å². The van der Waals surface area contributed by atoms with Crippen molar-refractivity contribution in [2.75, 3.05) is 46.4 Å². The molecule has 2 aliphatic rings. The van der Waals surface area contributed by atoms with Crippen molar-refractivity contribution >= 4 is 5.96 Å². The van der Waals surface area contributed by atoms with Crippen LogP contribution in [0.2, 0.25) is 0 Å². The van der Waals surface area contributed by atoms with E-state index >= 15 is 0 Å². The molecule has 1 unspecified atom stereocenters. The van der Waals surface area contributed by atoms with Crippen molar-refractivity contribution in [3.63, 3.8) is 0 Å². The Morgan fingerprint density at radius 3 is 2.26 bits per heavy atom. The summed E-state index contributed by atoms with van der Waals surface area (Å²) in [6.45, 7) is 13.0. The first-order chi connectivity index (χ1) is 11.0. The van der Waals surface area contributed by atoms with E-state index < -0.39 is 0 Å². The third-order valence-corrected chi connectivity index (χ3v) is 5.17. The second-order valence-corrected chi connectivity index (χ2v) is 7.87. The fraction of sp³-hybridized carbons (Fsp3) is 0.944. The van der Waals surface area contributed by atoms with Crippen molar-refractivity contribution < 1.29 is 4.74 Å². The van der Waals surface area contributed by atoms with Crippen molar-refractivity contribution in [1.29, 1.82) is 0 Å². The molecule has 0 aromatic carbocycles. The van der Waals surface area contributed by atoms with Gasteiger partial charge in [-0.2, -0.15) is 0 Å². The van der Waals surface area contributed by atoms with Crippen LogP contribution in [-0.4, -0.2) is 63.3 Å². The molecule has 0 spiro atoms. The van der Waals surface area contributed by atoms with Gasteiger partial charge in [0.15, 0.2) is 5.96 Å². The van der Waals surface area contributed by atoms with Crippen LogP contribution in [0.4, 0.5) is 0 Å². The van der Waals surface area contributed by atoms with E-state index in [2.05, 4.69) is 41.3 Å². The van der Waals surface area contributed by atoms with Gasteiger partial charge in [-0.25, -0.2) is 0 Å². The van der Waals surface area contributed by atoms with Crippen LogP contribution in [-0.2, 0) is 4.74 Å². The van der Waals surface area contributed by atoms with Crippen LogP contribution in [0.3, 0.4) is 0 Å². The highest BCUT2D eigenvalue weighted by atomic mass is 16.5. The summed E-state index contributed by atoms with van der Waals surface area (Å²) in [5, 5.41) is 7.01. The highest BCUT2D eigenvalue weighted by Gasteiger charge is 2.33. The zero-order valence-corrected chi connectivity index (χ0v) is 15.5. The molecule has 0 saturated carbocycles. The van der Waals surface area contributed by atoms with E-state index in [1.165, 1.54) is 38.8 Å². The van der Waals surface area contributed by atoms with Gasteiger partial charge in [0.25, 0.3) is 0 Å². The Bertz CT molecular complexity index is 371. The summed E-state index contributed by atoms with van der Waals surface area (Å²) in [5.41, 5.74) is 0.264. The lowest BCUT2D eigenvalue weighted by Gasteiger charge is -2.38. The first-order valence-corrected chi connectivity index (χ1v) is 9.30. The number of hydrogen-bond donors (Lipinski definition) is 2. The molecule has 0 radical (unpaired) electrons. The molecule has 0 aromatic rings. The SMILES string of the molecule is CN=C(NCC(C(C)C)N1CCCCCC1)NCC1(C)COC1. The highest BCUT2D eigenvalue weighted by Crippen LogP contribution is 2.25. The number of nitrogens with one attached hydrogen (secondary N) is 2. The minimum absolute atomic E-state index is 0.264.